The van der Waals surface area contributed by atoms with Gasteiger partial charge in [0.15, 0.2) is 0 Å². The second-order valence-corrected chi connectivity index (χ2v) is 4.90. The molecule has 1 atom stereocenters. The van der Waals surface area contributed by atoms with Crippen LogP contribution in [0.1, 0.15) is 23.7 Å². The summed E-state index contributed by atoms with van der Waals surface area (Å²) in [6.07, 6.45) is 0.848. The van der Waals surface area contributed by atoms with Crippen LogP contribution in [0.2, 0.25) is 0 Å². The Morgan fingerprint density at radius 1 is 1.05 bits per heavy atom. The van der Waals surface area contributed by atoms with E-state index in [0.29, 0.717) is 0 Å². The number of aromatic hydroxyl groups is 1. The van der Waals surface area contributed by atoms with E-state index in [9.17, 15) is 5.11 Å². The minimum absolute atomic E-state index is 0.0224. The summed E-state index contributed by atoms with van der Waals surface area (Å²) in [6, 6.07) is 15.3. The Hall–Kier alpha value is -2.00. The number of ether oxygens (including phenoxy) is 1. The Kier molecular flexibility index (Phi) is 5.02. The Bertz CT molecular complexity index is 520. The van der Waals surface area contributed by atoms with Gasteiger partial charge >= 0.3 is 0 Å². The van der Waals surface area contributed by atoms with E-state index in [1.54, 1.807) is 12.1 Å². The van der Waals surface area contributed by atoms with Gasteiger partial charge in [-0.25, -0.2) is 0 Å². The second-order valence-electron chi connectivity index (χ2n) is 4.90. The normalized spacial score (nSPS) is 12.1. The van der Waals surface area contributed by atoms with Gasteiger partial charge in [0.05, 0.1) is 0 Å². The molecule has 2 aromatic rings. The molecule has 3 heteroatoms. The first-order valence-corrected chi connectivity index (χ1v) is 6.86. The van der Waals surface area contributed by atoms with Crippen molar-refractivity contribution in [2.24, 2.45) is 0 Å². The Morgan fingerprint density at radius 3 is 2.30 bits per heavy atom. The van der Waals surface area contributed by atoms with Crippen molar-refractivity contribution in [1.29, 1.82) is 0 Å². The molecule has 0 bridgehead atoms. The van der Waals surface area contributed by atoms with Crippen molar-refractivity contribution in [2.45, 2.75) is 19.4 Å². The van der Waals surface area contributed by atoms with Crippen LogP contribution in [-0.4, -0.2) is 18.7 Å². The molecule has 2 N–H and O–H groups in total. The molecular formula is C17H21NO2. The summed E-state index contributed by atoms with van der Waals surface area (Å²) < 4.78 is 6.08. The first kappa shape index (κ1) is 14.4. The number of hydrogen-bond donors (Lipinski definition) is 2. The van der Waals surface area contributed by atoms with Crippen molar-refractivity contribution in [2.75, 3.05) is 13.6 Å². The SMILES string of the molecule is CNCC[C@H](Oc1ccc(C)cc1)c1ccc(O)cc1. The zero-order chi connectivity index (χ0) is 14.4. The van der Waals surface area contributed by atoms with Gasteiger partial charge in [0, 0.05) is 6.42 Å². The van der Waals surface area contributed by atoms with Gasteiger partial charge in [-0.15, -0.1) is 0 Å². The zero-order valence-corrected chi connectivity index (χ0v) is 12.0. The van der Waals surface area contributed by atoms with E-state index >= 15 is 0 Å². The third kappa shape index (κ3) is 4.00. The summed E-state index contributed by atoms with van der Waals surface area (Å²) in [5.41, 5.74) is 2.28. The van der Waals surface area contributed by atoms with Crippen LogP contribution in [0.15, 0.2) is 48.5 Å². The molecular weight excluding hydrogens is 250 g/mol. The molecule has 0 heterocycles. The molecule has 0 fully saturated rings. The predicted molar refractivity (Wildman–Crippen MR) is 81.2 cm³/mol. The van der Waals surface area contributed by atoms with Crippen LogP contribution in [0, 0.1) is 6.92 Å². The summed E-state index contributed by atoms with van der Waals surface area (Å²) in [7, 11) is 1.93. The van der Waals surface area contributed by atoms with Crippen LogP contribution < -0.4 is 10.1 Å². The maximum absolute atomic E-state index is 9.38. The fourth-order valence-corrected chi connectivity index (χ4v) is 2.04. The summed E-state index contributed by atoms with van der Waals surface area (Å²) >= 11 is 0. The lowest BCUT2D eigenvalue weighted by Crippen LogP contribution is -2.16. The number of rotatable bonds is 6. The lowest BCUT2D eigenvalue weighted by Gasteiger charge is -2.20. The fourth-order valence-electron chi connectivity index (χ4n) is 2.04. The standard InChI is InChI=1S/C17H21NO2/c1-13-3-9-16(10-4-13)20-17(11-12-18-2)14-5-7-15(19)8-6-14/h3-10,17-19H,11-12H2,1-2H3/t17-/m0/s1. The molecule has 0 saturated heterocycles. The van der Waals surface area contributed by atoms with Gasteiger partial charge < -0.3 is 15.2 Å². The molecule has 0 radical (unpaired) electrons. The molecule has 0 aliphatic carbocycles. The first-order chi connectivity index (χ1) is 9.69. The molecule has 2 aromatic carbocycles. The van der Waals surface area contributed by atoms with E-state index in [2.05, 4.69) is 12.2 Å². The van der Waals surface area contributed by atoms with Crippen molar-refractivity contribution < 1.29 is 9.84 Å². The summed E-state index contributed by atoms with van der Waals surface area (Å²) in [5, 5.41) is 12.5. The Labute approximate surface area is 120 Å². The van der Waals surface area contributed by atoms with Crippen molar-refractivity contribution in [1.82, 2.24) is 5.32 Å². The number of nitrogens with one attached hydrogen (secondary N) is 1. The van der Waals surface area contributed by atoms with E-state index in [0.717, 1.165) is 24.3 Å². The molecule has 106 valence electrons. The molecule has 2 rings (SSSR count). The Morgan fingerprint density at radius 2 is 1.70 bits per heavy atom. The highest BCUT2D eigenvalue weighted by Crippen LogP contribution is 2.26. The topological polar surface area (TPSA) is 41.5 Å². The van der Waals surface area contributed by atoms with Crippen molar-refractivity contribution in [3.63, 3.8) is 0 Å². The molecule has 0 saturated carbocycles. The summed E-state index contributed by atoms with van der Waals surface area (Å²) in [6.45, 7) is 2.93. The minimum Gasteiger partial charge on any atom is -0.508 e. The maximum atomic E-state index is 9.38. The van der Waals surface area contributed by atoms with Gasteiger partial charge in [-0.3, -0.25) is 0 Å². The van der Waals surface area contributed by atoms with E-state index in [1.807, 2.05) is 43.4 Å². The highest BCUT2D eigenvalue weighted by atomic mass is 16.5. The van der Waals surface area contributed by atoms with Gasteiger partial charge in [0.1, 0.15) is 17.6 Å². The first-order valence-electron chi connectivity index (χ1n) is 6.86. The van der Waals surface area contributed by atoms with Crippen LogP contribution >= 0.6 is 0 Å². The van der Waals surface area contributed by atoms with Gasteiger partial charge in [0.25, 0.3) is 0 Å². The molecule has 0 aliphatic heterocycles. The quantitative estimate of drug-likeness (QED) is 0.845. The number of phenolic OH excluding ortho intramolecular Hbond substituents is 1. The molecule has 0 aromatic heterocycles. The van der Waals surface area contributed by atoms with E-state index in [-0.39, 0.29) is 11.9 Å². The lowest BCUT2D eigenvalue weighted by molar-refractivity contribution is 0.195. The maximum Gasteiger partial charge on any atom is 0.125 e. The second kappa shape index (κ2) is 6.96. The predicted octanol–water partition coefficient (Wildman–Crippen LogP) is 3.43. The van der Waals surface area contributed by atoms with Crippen molar-refractivity contribution >= 4 is 0 Å². The number of phenols is 1. The third-order valence-corrected chi connectivity index (χ3v) is 3.22. The lowest BCUT2D eigenvalue weighted by atomic mass is 10.1. The molecule has 0 amide bonds. The van der Waals surface area contributed by atoms with Crippen molar-refractivity contribution in [3.05, 3.63) is 59.7 Å². The highest BCUT2D eigenvalue weighted by Gasteiger charge is 2.13. The van der Waals surface area contributed by atoms with Crippen LogP contribution in [0.25, 0.3) is 0 Å². The zero-order valence-electron chi connectivity index (χ0n) is 12.0. The van der Waals surface area contributed by atoms with Crippen LogP contribution in [0.5, 0.6) is 11.5 Å². The van der Waals surface area contributed by atoms with Gasteiger partial charge in [0.2, 0.25) is 0 Å². The van der Waals surface area contributed by atoms with Crippen LogP contribution in [0.3, 0.4) is 0 Å². The van der Waals surface area contributed by atoms with Crippen molar-refractivity contribution in [3.8, 4) is 11.5 Å². The highest BCUT2D eigenvalue weighted by molar-refractivity contribution is 5.30. The molecule has 3 nitrogen and oxygen atoms in total. The van der Waals surface area contributed by atoms with Gasteiger partial charge in [-0.1, -0.05) is 29.8 Å². The largest absolute Gasteiger partial charge is 0.508 e. The molecule has 20 heavy (non-hydrogen) atoms. The molecule has 0 aliphatic rings. The number of aryl methyl sites for hydroxylation is 1. The Balaban J connectivity index is 2.14. The van der Waals surface area contributed by atoms with E-state index in [1.165, 1.54) is 5.56 Å². The van der Waals surface area contributed by atoms with Gasteiger partial charge in [-0.2, -0.15) is 0 Å². The average molecular weight is 271 g/mol. The van der Waals surface area contributed by atoms with Gasteiger partial charge in [-0.05, 0) is 50.3 Å². The molecule has 0 unspecified atom stereocenters. The number of hydrogen-bond acceptors (Lipinski definition) is 3. The fraction of sp³-hybridized carbons (Fsp3) is 0.294. The molecule has 0 spiro atoms. The van der Waals surface area contributed by atoms with Crippen LogP contribution in [0.4, 0.5) is 0 Å². The van der Waals surface area contributed by atoms with E-state index in [4.69, 9.17) is 4.74 Å². The van der Waals surface area contributed by atoms with Crippen LogP contribution in [-0.2, 0) is 0 Å². The summed E-state index contributed by atoms with van der Waals surface area (Å²) in [4.78, 5) is 0. The van der Waals surface area contributed by atoms with E-state index < -0.39 is 0 Å². The smallest absolute Gasteiger partial charge is 0.125 e. The number of benzene rings is 2. The average Bonchev–Trinajstić information content (AvgIpc) is 2.46. The third-order valence-electron chi connectivity index (χ3n) is 3.22. The monoisotopic (exact) mass is 271 g/mol. The summed E-state index contributed by atoms with van der Waals surface area (Å²) in [5.74, 6) is 1.14. The minimum atomic E-state index is -0.0224.